The number of benzene rings is 1. The Bertz CT molecular complexity index is 504. The van der Waals surface area contributed by atoms with Crippen molar-refractivity contribution in [2.75, 3.05) is 26.0 Å². The third kappa shape index (κ3) is 3.59. The Morgan fingerprint density at radius 2 is 2.20 bits per heavy atom. The average molecular weight is 281 g/mol. The van der Waals surface area contributed by atoms with E-state index >= 15 is 0 Å². The van der Waals surface area contributed by atoms with Crippen LogP contribution in [-0.4, -0.2) is 42.5 Å². The summed E-state index contributed by atoms with van der Waals surface area (Å²) in [5.41, 5.74) is 0.171. The number of hydrogen-bond acceptors (Lipinski definition) is 5. The van der Waals surface area contributed by atoms with Crippen molar-refractivity contribution in [3.63, 3.8) is 0 Å². The minimum absolute atomic E-state index is 0.0930. The van der Waals surface area contributed by atoms with Gasteiger partial charge in [-0.05, 0) is 19.9 Å². The fraction of sp³-hybridized carbons (Fsp3) is 0.462. The van der Waals surface area contributed by atoms with Crippen LogP contribution >= 0.6 is 0 Å². The molecule has 110 valence electrons. The number of nitro benzene ring substituents is 1. The Balaban J connectivity index is 3.00. The van der Waals surface area contributed by atoms with Gasteiger partial charge in [0.15, 0.2) is 0 Å². The summed E-state index contributed by atoms with van der Waals surface area (Å²) in [6, 6.07) is 3.80. The molecule has 7 nitrogen and oxygen atoms in total. The van der Waals surface area contributed by atoms with Crippen LogP contribution in [0.2, 0.25) is 0 Å². The van der Waals surface area contributed by atoms with Gasteiger partial charge in [-0.25, -0.2) is 0 Å². The highest BCUT2D eigenvalue weighted by Crippen LogP contribution is 2.29. The van der Waals surface area contributed by atoms with Crippen LogP contribution in [0.4, 0.5) is 11.4 Å². The highest BCUT2D eigenvalue weighted by Gasteiger charge is 2.21. The van der Waals surface area contributed by atoms with E-state index in [-0.39, 0.29) is 17.3 Å². The predicted octanol–water partition coefficient (Wildman–Crippen LogP) is 1.88. The van der Waals surface area contributed by atoms with E-state index in [1.807, 2.05) is 6.92 Å². The summed E-state index contributed by atoms with van der Waals surface area (Å²) in [6.07, 6.45) is 0. The van der Waals surface area contributed by atoms with Gasteiger partial charge in [-0.2, -0.15) is 0 Å². The van der Waals surface area contributed by atoms with Crippen molar-refractivity contribution in [3.05, 3.63) is 28.3 Å². The number of carbonyl (C=O) groups is 1. The van der Waals surface area contributed by atoms with E-state index in [9.17, 15) is 14.9 Å². The smallest absolute Gasteiger partial charge is 0.292 e. The number of anilines is 1. The van der Waals surface area contributed by atoms with Gasteiger partial charge in [0.05, 0.1) is 12.0 Å². The fourth-order valence-electron chi connectivity index (χ4n) is 1.70. The fourth-order valence-corrected chi connectivity index (χ4v) is 1.70. The number of likely N-dealkylation sites (N-methyl/N-ethyl adjacent to an activating group) is 1. The lowest BCUT2D eigenvalue weighted by Crippen LogP contribution is -2.38. The molecule has 0 saturated carbocycles. The van der Waals surface area contributed by atoms with Gasteiger partial charge in [0.2, 0.25) is 5.91 Å². The monoisotopic (exact) mass is 281 g/mol. The second kappa shape index (κ2) is 6.74. The zero-order chi connectivity index (χ0) is 15.3. The number of nitrogens with one attached hydrogen (secondary N) is 1. The van der Waals surface area contributed by atoms with E-state index in [0.29, 0.717) is 12.3 Å². The molecule has 0 aliphatic carbocycles. The standard InChI is InChI=1S/C13H19N3O4/c1-5-15(3)13(17)9(2)14-11-8-10(20-4)6-7-12(11)16(18)19/h6-9,14H,5H2,1-4H3. The highest BCUT2D eigenvalue weighted by molar-refractivity contribution is 5.85. The maximum absolute atomic E-state index is 12.0. The van der Waals surface area contributed by atoms with Crippen LogP contribution < -0.4 is 10.1 Å². The highest BCUT2D eigenvalue weighted by atomic mass is 16.6. The number of rotatable bonds is 6. The van der Waals surface area contributed by atoms with Crippen LogP contribution in [0.25, 0.3) is 0 Å². The summed E-state index contributed by atoms with van der Waals surface area (Å²) < 4.78 is 5.04. The van der Waals surface area contributed by atoms with Crippen molar-refractivity contribution >= 4 is 17.3 Å². The average Bonchev–Trinajstić information content (AvgIpc) is 2.44. The minimum atomic E-state index is -0.564. The molecule has 1 unspecified atom stereocenters. The van der Waals surface area contributed by atoms with Gasteiger partial charge in [-0.3, -0.25) is 14.9 Å². The van der Waals surface area contributed by atoms with Gasteiger partial charge in [-0.15, -0.1) is 0 Å². The normalized spacial score (nSPS) is 11.6. The Kier molecular flexibility index (Phi) is 5.31. The molecule has 7 heteroatoms. The number of methoxy groups -OCH3 is 1. The molecule has 0 saturated heterocycles. The van der Waals surface area contributed by atoms with Crippen molar-refractivity contribution in [1.82, 2.24) is 4.90 Å². The number of nitrogens with zero attached hydrogens (tertiary/aromatic N) is 2. The number of carbonyl (C=O) groups excluding carboxylic acids is 1. The zero-order valence-electron chi connectivity index (χ0n) is 12.0. The van der Waals surface area contributed by atoms with Crippen molar-refractivity contribution in [2.45, 2.75) is 19.9 Å². The van der Waals surface area contributed by atoms with Crippen LogP contribution in [0.1, 0.15) is 13.8 Å². The van der Waals surface area contributed by atoms with Crippen LogP contribution in [0.15, 0.2) is 18.2 Å². The van der Waals surface area contributed by atoms with E-state index < -0.39 is 11.0 Å². The van der Waals surface area contributed by atoms with Crippen molar-refractivity contribution < 1.29 is 14.5 Å². The molecule has 20 heavy (non-hydrogen) atoms. The first-order valence-electron chi connectivity index (χ1n) is 6.24. The van der Waals surface area contributed by atoms with Gasteiger partial charge in [0.1, 0.15) is 17.5 Å². The van der Waals surface area contributed by atoms with Crippen LogP contribution in [-0.2, 0) is 4.79 Å². The molecule has 1 aromatic carbocycles. The van der Waals surface area contributed by atoms with E-state index in [2.05, 4.69) is 5.32 Å². The molecule has 0 aromatic heterocycles. The molecule has 1 atom stereocenters. The van der Waals surface area contributed by atoms with Crippen molar-refractivity contribution in [1.29, 1.82) is 0 Å². The Hall–Kier alpha value is -2.31. The summed E-state index contributed by atoms with van der Waals surface area (Å²) in [7, 11) is 3.16. The summed E-state index contributed by atoms with van der Waals surface area (Å²) in [6.45, 7) is 4.10. The SMILES string of the molecule is CCN(C)C(=O)C(C)Nc1cc(OC)ccc1[N+](=O)[O-]. The number of amides is 1. The molecule has 1 rings (SSSR count). The number of nitro groups is 1. The predicted molar refractivity (Wildman–Crippen MR) is 76.0 cm³/mol. The molecule has 0 spiro atoms. The Labute approximate surface area is 117 Å². The lowest BCUT2D eigenvalue weighted by molar-refractivity contribution is -0.384. The Morgan fingerprint density at radius 3 is 2.70 bits per heavy atom. The maximum Gasteiger partial charge on any atom is 0.292 e. The van der Waals surface area contributed by atoms with Crippen molar-refractivity contribution in [3.8, 4) is 5.75 Å². The van der Waals surface area contributed by atoms with Gasteiger partial charge in [0, 0.05) is 25.7 Å². The third-order valence-electron chi connectivity index (χ3n) is 2.99. The molecule has 0 fully saturated rings. The molecule has 0 radical (unpaired) electrons. The first-order valence-corrected chi connectivity index (χ1v) is 6.24. The molecular weight excluding hydrogens is 262 g/mol. The van der Waals surface area contributed by atoms with Crippen LogP contribution in [0.3, 0.4) is 0 Å². The van der Waals surface area contributed by atoms with Gasteiger partial charge < -0.3 is 15.0 Å². The molecular formula is C13H19N3O4. The van der Waals surface area contributed by atoms with Gasteiger partial charge >= 0.3 is 0 Å². The first kappa shape index (κ1) is 15.7. The van der Waals surface area contributed by atoms with E-state index in [1.54, 1.807) is 18.9 Å². The topological polar surface area (TPSA) is 84.7 Å². The minimum Gasteiger partial charge on any atom is -0.497 e. The van der Waals surface area contributed by atoms with Gasteiger partial charge in [0.25, 0.3) is 5.69 Å². The summed E-state index contributed by atoms with van der Waals surface area (Å²) in [4.78, 5) is 24.0. The summed E-state index contributed by atoms with van der Waals surface area (Å²) in [5, 5.41) is 13.9. The van der Waals surface area contributed by atoms with E-state index in [4.69, 9.17) is 4.74 Å². The molecule has 1 N–H and O–H groups in total. The number of hydrogen-bond donors (Lipinski definition) is 1. The van der Waals surface area contributed by atoms with E-state index in [0.717, 1.165) is 0 Å². The molecule has 0 aliphatic rings. The van der Waals surface area contributed by atoms with Crippen molar-refractivity contribution in [2.24, 2.45) is 0 Å². The molecule has 0 heterocycles. The molecule has 0 aliphatic heterocycles. The third-order valence-corrected chi connectivity index (χ3v) is 2.99. The largest absolute Gasteiger partial charge is 0.497 e. The lowest BCUT2D eigenvalue weighted by atomic mass is 10.2. The summed E-state index contributed by atoms with van der Waals surface area (Å²) >= 11 is 0. The maximum atomic E-state index is 12.0. The van der Waals surface area contributed by atoms with Crippen LogP contribution in [0.5, 0.6) is 5.75 Å². The van der Waals surface area contributed by atoms with Crippen LogP contribution in [0, 0.1) is 10.1 Å². The zero-order valence-corrected chi connectivity index (χ0v) is 12.0. The second-order valence-electron chi connectivity index (χ2n) is 4.36. The van der Waals surface area contributed by atoms with Gasteiger partial charge in [-0.1, -0.05) is 0 Å². The number of ether oxygens (including phenoxy) is 1. The van der Waals surface area contributed by atoms with E-state index in [1.165, 1.54) is 25.3 Å². The first-order chi connectivity index (χ1) is 9.40. The molecule has 0 bridgehead atoms. The lowest BCUT2D eigenvalue weighted by Gasteiger charge is -2.21. The quantitative estimate of drug-likeness (QED) is 0.635. The second-order valence-corrected chi connectivity index (χ2v) is 4.36. The Morgan fingerprint density at radius 1 is 1.55 bits per heavy atom. The summed E-state index contributed by atoms with van der Waals surface area (Å²) in [5.74, 6) is 0.353. The molecule has 1 amide bonds. The molecule has 1 aromatic rings.